The number of hydrogen-bond acceptors (Lipinski definition) is 6. The molecule has 0 saturated carbocycles. The molecule has 2 aromatic rings. The number of rotatable bonds is 2. The van der Waals surface area contributed by atoms with Gasteiger partial charge >= 0.3 is 0 Å². The van der Waals surface area contributed by atoms with Gasteiger partial charge in [0.1, 0.15) is 6.33 Å². The Bertz CT molecular complexity index is 431. The number of anilines is 1. The Morgan fingerprint density at radius 2 is 2.21 bits per heavy atom. The monoisotopic (exact) mass is 194 g/mol. The molecule has 0 bridgehead atoms. The summed E-state index contributed by atoms with van der Waals surface area (Å²) >= 11 is 0. The zero-order valence-electron chi connectivity index (χ0n) is 7.88. The molecule has 0 aliphatic carbocycles. The summed E-state index contributed by atoms with van der Waals surface area (Å²) in [4.78, 5) is 0. The Morgan fingerprint density at radius 3 is 2.79 bits per heavy atom. The number of nitrogen functional groups attached to an aromatic ring is 1. The molecule has 2 heterocycles. The van der Waals surface area contributed by atoms with Gasteiger partial charge in [-0.3, -0.25) is 0 Å². The van der Waals surface area contributed by atoms with Gasteiger partial charge < -0.3 is 10.3 Å². The molecule has 0 fully saturated rings. The summed E-state index contributed by atoms with van der Waals surface area (Å²) in [6, 6.07) is 0.232. The molecule has 2 rings (SSSR count). The van der Waals surface area contributed by atoms with Crippen molar-refractivity contribution in [1.29, 1.82) is 0 Å². The Labute approximate surface area is 79.9 Å². The van der Waals surface area contributed by atoms with Crippen LogP contribution in [0.4, 0.5) is 5.82 Å². The number of hydrogen-bond donors (Lipinski definition) is 1. The van der Waals surface area contributed by atoms with E-state index in [1.54, 1.807) is 6.33 Å². The SMILES string of the molecule is CC(C)n1cnnc1-c1nonc1N. The van der Waals surface area contributed by atoms with Crippen LogP contribution in [0.5, 0.6) is 0 Å². The fourth-order valence-electron chi connectivity index (χ4n) is 1.14. The average molecular weight is 194 g/mol. The molecule has 2 aromatic heterocycles. The minimum Gasteiger partial charge on any atom is -0.379 e. The van der Waals surface area contributed by atoms with Crippen molar-refractivity contribution < 1.29 is 4.63 Å². The molecule has 0 aliphatic rings. The first kappa shape index (κ1) is 8.67. The van der Waals surface area contributed by atoms with E-state index in [1.165, 1.54) is 0 Å². The van der Waals surface area contributed by atoms with Crippen LogP contribution in [0.2, 0.25) is 0 Å². The first-order chi connectivity index (χ1) is 6.70. The predicted molar refractivity (Wildman–Crippen MR) is 48.1 cm³/mol. The normalized spacial score (nSPS) is 11.1. The van der Waals surface area contributed by atoms with E-state index < -0.39 is 0 Å². The highest BCUT2D eigenvalue weighted by atomic mass is 16.6. The third-order valence-corrected chi connectivity index (χ3v) is 1.86. The Balaban J connectivity index is 2.52. The van der Waals surface area contributed by atoms with E-state index in [0.717, 1.165) is 0 Å². The van der Waals surface area contributed by atoms with Crippen LogP contribution in [-0.2, 0) is 0 Å². The summed E-state index contributed by atoms with van der Waals surface area (Å²) in [6.07, 6.45) is 1.62. The highest BCUT2D eigenvalue weighted by Crippen LogP contribution is 2.21. The fraction of sp³-hybridized carbons (Fsp3) is 0.429. The van der Waals surface area contributed by atoms with Gasteiger partial charge in [0, 0.05) is 6.04 Å². The molecule has 0 amide bonds. The van der Waals surface area contributed by atoms with E-state index in [9.17, 15) is 0 Å². The van der Waals surface area contributed by atoms with E-state index in [4.69, 9.17) is 5.73 Å². The largest absolute Gasteiger partial charge is 0.379 e. The van der Waals surface area contributed by atoms with Gasteiger partial charge in [0.05, 0.1) is 0 Å². The summed E-state index contributed by atoms with van der Waals surface area (Å²) in [7, 11) is 0. The topological polar surface area (TPSA) is 95.6 Å². The van der Waals surface area contributed by atoms with Gasteiger partial charge in [-0.2, -0.15) is 0 Å². The van der Waals surface area contributed by atoms with Crippen molar-refractivity contribution in [2.75, 3.05) is 5.73 Å². The molecule has 0 aliphatic heterocycles. The van der Waals surface area contributed by atoms with Crippen LogP contribution < -0.4 is 5.73 Å². The van der Waals surface area contributed by atoms with Crippen molar-refractivity contribution in [3.8, 4) is 11.5 Å². The van der Waals surface area contributed by atoms with Crippen molar-refractivity contribution in [3.05, 3.63) is 6.33 Å². The summed E-state index contributed by atoms with van der Waals surface area (Å²) in [5, 5.41) is 14.9. The van der Waals surface area contributed by atoms with Crippen molar-refractivity contribution >= 4 is 5.82 Å². The summed E-state index contributed by atoms with van der Waals surface area (Å²) < 4.78 is 6.34. The lowest BCUT2D eigenvalue weighted by molar-refractivity contribution is 0.310. The van der Waals surface area contributed by atoms with E-state index in [0.29, 0.717) is 11.5 Å². The van der Waals surface area contributed by atoms with Gasteiger partial charge in [-0.1, -0.05) is 0 Å². The van der Waals surface area contributed by atoms with E-state index >= 15 is 0 Å². The predicted octanol–water partition coefficient (Wildman–Crippen LogP) is 0.491. The van der Waals surface area contributed by atoms with Crippen LogP contribution in [0, 0.1) is 0 Å². The van der Waals surface area contributed by atoms with Crippen LogP contribution in [0.25, 0.3) is 11.5 Å². The molecule has 0 unspecified atom stereocenters. The van der Waals surface area contributed by atoms with E-state index in [-0.39, 0.29) is 11.9 Å². The van der Waals surface area contributed by atoms with Gasteiger partial charge in [0.25, 0.3) is 0 Å². The van der Waals surface area contributed by atoms with Gasteiger partial charge in [0.2, 0.25) is 0 Å². The second-order valence-corrected chi connectivity index (χ2v) is 3.15. The number of nitrogens with two attached hydrogens (primary N) is 1. The second kappa shape index (κ2) is 3.09. The molecule has 7 heteroatoms. The van der Waals surface area contributed by atoms with Gasteiger partial charge in [-0.25, -0.2) is 4.63 Å². The Kier molecular flexibility index (Phi) is 1.91. The van der Waals surface area contributed by atoms with Crippen molar-refractivity contribution in [1.82, 2.24) is 25.1 Å². The minimum atomic E-state index is 0.222. The zero-order chi connectivity index (χ0) is 10.1. The van der Waals surface area contributed by atoms with Crippen molar-refractivity contribution in [3.63, 3.8) is 0 Å². The molecule has 74 valence electrons. The molecule has 2 N–H and O–H groups in total. The lowest BCUT2D eigenvalue weighted by atomic mass is 10.3. The summed E-state index contributed by atoms with van der Waals surface area (Å²) in [5.74, 6) is 0.790. The summed E-state index contributed by atoms with van der Waals surface area (Å²) in [5.41, 5.74) is 5.98. The van der Waals surface area contributed by atoms with Crippen molar-refractivity contribution in [2.24, 2.45) is 0 Å². The van der Waals surface area contributed by atoms with Gasteiger partial charge in [-0.05, 0) is 24.2 Å². The molecule has 0 atom stereocenters. The lowest BCUT2D eigenvalue weighted by Crippen LogP contribution is -2.03. The zero-order valence-corrected chi connectivity index (χ0v) is 7.88. The first-order valence-electron chi connectivity index (χ1n) is 4.18. The smallest absolute Gasteiger partial charge is 0.199 e. The highest BCUT2D eigenvalue weighted by molar-refractivity contribution is 5.62. The summed E-state index contributed by atoms with van der Waals surface area (Å²) in [6.45, 7) is 4.02. The van der Waals surface area contributed by atoms with Crippen LogP contribution in [0.15, 0.2) is 11.0 Å². The van der Waals surface area contributed by atoms with Crippen LogP contribution >= 0.6 is 0 Å². The van der Waals surface area contributed by atoms with Gasteiger partial charge in [-0.15, -0.1) is 10.2 Å². The third-order valence-electron chi connectivity index (χ3n) is 1.86. The second-order valence-electron chi connectivity index (χ2n) is 3.15. The fourth-order valence-corrected chi connectivity index (χ4v) is 1.14. The molecular formula is C7H10N6O. The minimum absolute atomic E-state index is 0.222. The van der Waals surface area contributed by atoms with Gasteiger partial charge in [0.15, 0.2) is 17.3 Å². The first-order valence-corrected chi connectivity index (χ1v) is 4.18. The van der Waals surface area contributed by atoms with Crippen LogP contribution in [0.3, 0.4) is 0 Å². The Hall–Kier alpha value is -1.92. The maximum Gasteiger partial charge on any atom is 0.199 e. The molecule has 0 radical (unpaired) electrons. The Morgan fingerprint density at radius 1 is 1.43 bits per heavy atom. The average Bonchev–Trinajstić information content (AvgIpc) is 2.70. The molecular weight excluding hydrogens is 184 g/mol. The molecule has 0 spiro atoms. The molecule has 0 aromatic carbocycles. The van der Waals surface area contributed by atoms with Crippen molar-refractivity contribution in [2.45, 2.75) is 19.9 Å². The molecule has 14 heavy (non-hydrogen) atoms. The maximum atomic E-state index is 5.55. The van der Waals surface area contributed by atoms with E-state index in [1.807, 2.05) is 18.4 Å². The highest BCUT2D eigenvalue weighted by Gasteiger charge is 2.17. The number of nitrogens with zero attached hydrogens (tertiary/aromatic N) is 5. The third kappa shape index (κ3) is 1.22. The lowest BCUT2D eigenvalue weighted by Gasteiger charge is -2.07. The number of aromatic nitrogens is 5. The molecule has 0 saturated heterocycles. The van der Waals surface area contributed by atoms with Crippen LogP contribution in [0.1, 0.15) is 19.9 Å². The van der Waals surface area contributed by atoms with Crippen LogP contribution in [-0.4, -0.2) is 25.1 Å². The standard InChI is InChI=1S/C7H10N6O/c1-4(2)13-3-9-10-7(13)5-6(8)12-14-11-5/h3-4H,1-2H3,(H2,8,12). The maximum absolute atomic E-state index is 5.55. The quantitative estimate of drug-likeness (QED) is 0.747. The van der Waals surface area contributed by atoms with E-state index in [2.05, 4.69) is 25.1 Å². The molecule has 7 nitrogen and oxygen atoms in total.